The third-order valence-corrected chi connectivity index (χ3v) is 6.01. The summed E-state index contributed by atoms with van der Waals surface area (Å²) in [5, 5.41) is 1.31. The van der Waals surface area contributed by atoms with Gasteiger partial charge in [-0.25, -0.2) is 4.79 Å². The standard InChI is InChI=1S/C26H28N2O2/c1-5-16-28-25(19-13-10-18(11-14-19)12-15-23(29)30-4)24-21(17-26(28,2)3)20-8-6-7-9-22(20)27-24/h5-15,25,27H,1,16-17H2,2-4H3/b15-12+/t25-/m1/s1. The van der Waals surface area contributed by atoms with Crippen molar-refractivity contribution < 1.29 is 9.53 Å². The summed E-state index contributed by atoms with van der Waals surface area (Å²) in [6.07, 6.45) is 6.18. The molecule has 1 aliphatic heterocycles. The van der Waals surface area contributed by atoms with E-state index < -0.39 is 0 Å². The van der Waals surface area contributed by atoms with Gasteiger partial charge in [-0.2, -0.15) is 0 Å². The number of H-pyrrole nitrogens is 1. The van der Waals surface area contributed by atoms with Crippen molar-refractivity contribution in [3.05, 3.63) is 89.6 Å². The van der Waals surface area contributed by atoms with Crippen LogP contribution in [0.4, 0.5) is 0 Å². The predicted molar refractivity (Wildman–Crippen MR) is 122 cm³/mol. The number of nitrogens with one attached hydrogen (secondary N) is 1. The highest BCUT2D eigenvalue weighted by Gasteiger charge is 2.41. The van der Waals surface area contributed by atoms with Gasteiger partial charge in [0.05, 0.1) is 13.2 Å². The molecule has 154 valence electrons. The largest absolute Gasteiger partial charge is 0.466 e. The van der Waals surface area contributed by atoms with E-state index in [1.165, 1.54) is 40.9 Å². The van der Waals surface area contributed by atoms with Crippen LogP contribution in [0.2, 0.25) is 0 Å². The number of hydrogen-bond acceptors (Lipinski definition) is 3. The zero-order valence-electron chi connectivity index (χ0n) is 17.8. The summed E-state index contributed by atoms with van der Waals surface area (Å²) in [7, 11) is 1.38. The molecule has 2 aromatic carbocycles. The zero-order valence-corrected chi connectivity index (χ0v) is 17.8. The molecule has 0 fully saturated rings. The molecule has 4 heteroatoms. The first-order valence-corrected chi connectivity index (χ1v) is 10.3. The van der Waals surface area contributed by atoms with E-state index >= 15 is 0 Å². The van der Waals surface area contributed by atoms with Gasteiger partial charge in [-0.05, 0) is 49.1 Å². The monoisotopic (exact) mass is 400 g/mol. The van der Waals surface area contributed by atoms with Gasteiger partial charge in [-0.15, -0.1) is 6.58 Å². The maximum atomic E-state index is 11.4. The number of rotatable bonds is 5. The van der Waals surface area contributed by atoms with Crippen molar-refractivity contribution in [1.82, 2.24) is 9.88 Å². The number of carbonyl (C=O) groups excluding carboxylic acids is 1. The average molecular weight is 401 g/mol. The fraction of sp³-hybridized carbons (Fsp3) is 0.269. The summed E-state index contributed by atoms with van der Waals surface area (Å²) >= 11 is 0. The molecule has 4 rings (SSSR count). The number of methoxy groups -OCH3 is 1. The number of carbonyl (C=O) groups is 1. The Morgan fingerprint density at radius 3 is 2.67 bits per heavy atom. The van der Waals surface area contributed by atoms with E-state index in [4.69, 9.17) is 0 Å². The van der Waals surface area contributed by atoms with Gasteiger partial charge >= 0.3 is 5.97 Å². The minimum absolute atomic E-state index is 0.0136. The van der Waals surface area contributed by atoms with Crippen LogP contribution in [0, 0.1) is 0 Å². The van der Waals surface area contributed by atoms with Crippen molar-refractivity contribution in [1.29, 1.82) is 0 Å². The number of nitrogens with zero attached hydrogens (tertiary/aromatic N) is 1. The predicted octanol–water partition coefficient (Wildman–Crippen LogP) is 5.27. The van der Waals surface area contributed by atoms with E-state index in [0.717, 1.165) is 18.5 Å². The molecule has 3 aromatic rings. The minimum atomic E-state index is -0.354. The number of hydrogen-bond donors (Lipinski definition) is 1. The quantitative estimate of drug-likeness (QED) is 0.361. The van der Waals surface area contributed by atoms with Crippen LogP contribution >= 0.6 is 0 Å². The molecular weight excluding hydrogens is 372 g/mol. The van der Waals surface area contributed by atoms with Crippen LogP contribution in [-0.4, -0.2) is 35.0 Å². The highest BCUT2D eigenvalue weighted by atomic mass is 16.5. The first-order valence-electron chi connectivity index (χ1n) is 10.3. The summed E-state index contributed by atoms with van der Waals surface area (Å²) in [4.78, 5) is 17.6. The van der Waals surface area contributed by atoms with Crippen LogP contribution in [0.5, 0.6) is 0 Å². The second-order valence-electron chi connectivity index (χ2n) is 8.42. The van der Waals surface area contributed by atoms with E-state index in [-0.39, 0.29) is 17.6 Å². The lowest BCUT2D eigenvalue weighted by Gasteiger charge is -2.47. The smallest absolute Gasteiger partial charge is 0.330 e. The van der Waals surface area contributed by atoms with E-state index in [2.05, 4.69) is 71.4 Å². The third kappa shape index (κ3) is 3.59. The third-order valence-electron chi connectivity index (χ3n) is 6.01. The molecule has 0 unspecified atom stereocenters. The van der Waals surface area contributed by atoms with Crippen molar-refractivity contribution in [3.8, 4) is 0 Å². The minimum Gasteiger partial charge on any atom is -0.466 e. The molecule has 0 radical (unpaired) electrons. The fourth-order valence-electron chi connectivity index (χ4n) is 4.54. The summed E-state index contributed by atoms with van der Waals surface area (Å²) in [6, 6.07) is 17.0. The Labute approximate surface area is 177 Å². The van der Waals surface area contributed by atoms with Gasteiger partial charge in [0, 0.05) is 34.8 Å². The lowest BCUT2D eigenvalue weighted by atomic mass is 9.81. The first-order chi connectivity index (χ1) is 14.4. The van der Waals surface area contributed by atoms with E-state index in [0.29, 0.717) is 0 Å². The number of aromatic nitrogens is 1. The Balaban J connectivity index is 1.80. The van der Waals surface area contributed by atoms with E-state index in [1.54, 1.807) is 6.08 Å². The molecule has 4 nitrogen and oxygen atoms in total. The summed E-state index contributed by atoms with van der Waals surface area (Å²) in [6.45, 7) is 9.42. The Morgan fingerprint density at radius 1 is 1.23 bits per heavy atom. The lowest BCUT2D eigenvalue weighted by molar-refractivity contribution is -0.134. The van der Waals surface area contributed by atoms with Crippen LogP contribution in [0.25, 0.3) is 17.0 Å². The number of ether oxygens (including phenoxy) is 1. The zero-order chi connectivity index (χ0) is 21.3. The molecule has 0 saturated heterocycles. The second kappa shape index (κ2) is 7.96. The Kier molecular flexibility index (Phi) is 5.35. The van der Waals surface area contributed by atoms with Crippen LogP contribution < -0.4 is 0 Å². The van der Waals surface area contributed by atoms with Crippen molar-refractivity contribution in [2.24, 2.45) is 0 Å². The van der Waals surface area contributed by atoms with Gasteiger partial charge in [0.15, 0.2) is 0 Å². The van der Waals surface area contributed by atoms with Crippen LogP contribution in [0.1, 0.15) is 42.3 Å². The number of esters is 1. The van der Waals surface area contributed by atoms with Gasteiger partial charge < -0.3 is 9.72 Å². The number of fused-ring (bicyclic) bond motifs is 3. The number of benzene rings is 2. The molecule has 0 bridgehead atoms. The summed E-state index contributed by atoms with van der Waals surface area (Å²) < 4.78 is 4.68. The molecule has 0 spiro atoms. The molecule has 1 N–H and O–H groups in total. The molecule has 1 aromatic heterocycles. The van der Waals surface area contributed by atoms with E-state index in [9.17, 15) is 4.79 Å². The van der Waals surface area contributed by atoms with Crippen molar-refractivity contribution >= 4 is 22.9 Å². The fourth-order valence-corrected chi connectivity index (χ4v) is 4.54. The number of para-hydroxylation sites is 1. The van der Waals surface area contributed by atoms with Crippen molar-refractivity contribution in [2.45, 2.75) is 31.8 Å². The molecule has 2 heterocycles. The molecule has 1 atom stereocenters. The highest BCUT2D eigenvalue weighted by Crippen LogP contribution is 2.44. The topological polar surface area (TPSA) is 45.3 Å². The van der Waals surface area contributed by atoms with Gasteiger partial charge in [0.2, 0.25) is 0 Å². The number of aromatic amines is 1. The Bertz CT molecular complexity index is 1110. The Morgan fingerprint density at radius 2 is 1.97 bits per heavy atom. The van der Waals surface area contributed by atoms with Crippen molar-refractivity contribution in [2.75, 3.05) is 13.7 Å². The molecule has 0 aliphatic carbocycles. The van der Waals surface area contributed by atoms with Crippen LogP contribution in [-0.2, 0) is 16.0 Å². The molecule has 30 heavy (non-hydrogen) atoms. The van der Waals surface area contributed by atoms with Crippen LogP contribution in [0.3, 0.4) is 0 Å². The maximum absolute atomic E-state index is 11.4. The van der Waals surface area contributed by atoms with Gasteiger partial charge in [-0.1, -0.05) is 48.5 Å². The normalized spacial score (nSPS) is 18.4. The van der Waals surface area contributed by atoms with Crippen molar-refractivity contribution in [3.63, 3.8) is 0 Å². The average Bonchev–Trinajstić information content (AvgIpc) is 3.10. The lowest BCUT2D eigenvalue weighted by Crippen LogP contribution is -2.51. The van der Waals surface area contributed by atoms with Gasteiger partial charge in [0.25, 0.3) is 0 Å². The maximum Gasteiger partial charge on any atom is 0.330 e. The SMILES string of the molecule is C=CCN1[C@H](c2ccc(/C=C/C(=O)OC)cc2)c2[nH]c3ccccc3c2CC1(C)C. The molecule has 0 amide bonds. The summed E-state index contributed by atoms with van der Waals surface area (Å²) in [5.74, 6) is -0.354. The van der Waals surface area contributed by atoms with Gasteiger partial charge in [0.1, 0.15) is 0 Å². The Hall–Kier alpha value is -3.11. The first kappa shape index (κ1) is 20.2. The van der Waals surface area contributed by atoms with Crippen LogP contribution in [0.15, 0.2) is 67.3 Å². The van der Waals surface area contributed by atoms with Gasteiger partial charge in [-0.3, -0.25) is 4.90 Å². The summed E-state index contributed by atoms with van der Waals surface area (Å²) in [5.41, 5.74) is 6.01. The molecular formula is C26H28N2O2. The molecule has 0 saturated carbocycles. The van der Waals surface area contributed by atoms with E-state index in [1.807, 2.05) is 18.2 Å². The highest BCUT2D eigenvalue weighted by molar-refractivity contribution is 5.87. The molecule has 1 aliphatic rings. The second-order valence-corrected chi connectivity index (χ2v) is 8.42.